The number of hydrogen-bond donors (Lipinski definition) is 3. The molecule has 0 unspecified atom stereocenters. The number of aliphatic hydroxyl groups is 1. The number of guanidine groups is 1. The Morgan fingerprint density at radius 1 is 1.41 bits per heavy atom. The Balaban J connectivity index is 1.91. The van der Waals surface area contributed by atoms with E-state index in [0.29, 0.717) is 18.5 Å². The van der Waals surface area contributed by atoms with E-state index in [9.17, 15) is 5.11 Å². The van der Waals surface area contributed by atoms with Gasteiger partial charge in [-0.1, -0.05) is 19.0 Å². The predicted octanol–water partition coefficient (Wildman–Crippen LogP) is 2.16. The Hall–Kier alpha value is -1.56. The van der Waals surface area contributed by atoms with Crippen LogP contribution in [0.15, 0.2) is 15.6 Å². The fourth-order valence-electron chi connectivity index (χ4n) is 2.57. The van der Waals surface area contributed by atoms with E-state index in [4.69, 9.17) is 4.52 Å². The van der Waals surface area contributed by atoms with Crippen molar-refractivity contribution in [1.82, 2.24) is 15.8 Å². The smallest absolute Gasteiger partial charge is 0.191 e. The van der Waals surface area contributed by atoms with E-state index in [0.717, 1.165) is 49.6 Å². The third-order valence-corrected chi connectivity index (χ3v) is 3.94. The maximum Gasteiger partial charge on any atom is 0.191 e. The molecule has 0 bridgehead atoms. The van der Waals surface area contributed by atoms with E-state index >= 15 is 0 Å². The van der Waals surface area contributed by atoms with Crippen LogP contribution in [-0.4, -0.2) is 34.9 Å². The summed E-state index contributed by atoms with van der Waals surface area (Å²) in [6.45, 7) is 7.52. The van der Waals surface area contributed by atoms with E-state index in [1.165, 1.54) is 0 Å². The third-order valence-electron chi connectivity index (χ3n) is 3.94. The highest BCUT2D eigenvalue weighted by Gasteiger charge is 2.20. The second-order valence-corrected chi connectivity index (χ2v) is 6.22. The van der Waals surface area contributed by atoms with Gasteiger partial charge >= 0.3 is 0 Å². The van der Waals surface area contributed by atoms with Gasteiger partial charge in [-0.25, -0.2) is 4.99 Å². The first-order chi connectivity index (χ1) is 10.6. The van der Waals surface area contributed by atoms with Crippen LogP contribution in [0.3, 0.4) is 0 Å². The molecule has 1 aromatic rings. The number of nitrogens with zero attached hydrogens (tertiary/aromatic N) is 2. The van der Waals surface area contributed by atoms with Crippen LogP contribution in [0.25, 0.3) is 0 Å². The van der Waals surface area contributed by atoms with Gasteiger partial charge < -0.3 is 20.3 Å². The molecule has 0 saturated heterocycles. The van der Waals surface area contributed by atoms with Gasteiger partial charge in [-0.3, -0.25) is 0 Å². The first-order valence-electron chi connectivity index (χ1n) is 8.26. The molecule has 3 N–H and O–H groups in total. The molecule has 1 aromatic heterocycles. The van der Waals surface area contributed by atoms with Crippen molar-refractivity contribution in [2.45, 2.75) is 71.1 Å². The zero-order valence-electron chi connectivity index (χ0n) is 13.8. The minimum absolute atomic E-state index is 0.138. The van der Waals surface area contributed by atoms with Crippen molar-refractivity contribution >= 4 is 5.96 Å². The van der Waals surface area contributed by atoms with Gasteiger partial charge in [0.25, 0.3) is 0 Å². The van der Waals surface area contributed by atoms with Gasteiger partial charge in [0, 0.05) is 18.7 Å². The van der Waals surface area contributed by atoms with Gasteiger partial charge in [0.1, 0.15) is 6.54 Å². The van der Waals surface area contributed by atoms with E-state index in [2.05, 4.69) is 34.6 Å². The standard InChI is InChI=1S/C16H28N4O2/c1-4-17-16(19-12-5-7-13(21)8-6-12)18-10-14-9-15(11(2)3)20-22-14/h9,11-13,21H,4-8,10H2,1-3H3,(H2,17,18,19). The minimum atomic E-state index is -0.138. The molecule has 1 fully saturated rings. The quantitative estimate of drug-likeness (QED) is 0.573. The molecule has 0 amide bonds. The second kappa shape index (κ2) is 8.17. The molecule has 22 heavy (non-hydrogen) atoms. The largest absolute Gasteiger partial charge is 0.393 e. The highest BCUT2D eigenvalue weighted by atomic mass is 16.5. The molecule has 124 valence electrons. The van der Waals surface area contributed by atoms with Crippen LogP contribution in [0.5, 0.6) is 0 Å². The summed E-state index contributed by atoms with van der Waals surface area (Å²) in [4.78, 5) is 4.57. The Bertz CT molecular complexity index is 476. The number of rotatable bonds is 5. The molecule has 0 radical (unpaired) electrons. The number of aliphatic imine (C=N–C) groups is 1. The second-order valence-electron chi connectivity index (χ2n) is 6.22. The van der Waals surface area contributed by atoms with Crippen molar-refractivity contribution in [1.29, 1.82) is 0 Å². The fraction of sp³-hybridized carbons (Fsp3) is 0.750. The Morgan fingerprint density at radius 3 is 2.73 bits per heavy atom. The molecule has 0 aromatic carbocycles. The molecule has 1 aliphatic carbocycles. The Labute approximate surface area is 132 Å². The van der Waals surface area contributed by atoms with Crippen molar-refractivity contribution in [3.63, 3.8) is 0 Å². The zero-order valence-corrected chi connectivity index (χ0v) is 13.8. The van der Waals surface area contributed by atoms with E-state index < -0.39 is 0 Å². The maximum absolute atomic E-state index is 9.57. The normalized spacial score (nSPS) is 22.9. The summed E-state index contributed by atoms with van der Waals surface area (Å²) < 4.78 is 5.31. The van der Waals surface area contributed by atoms with E-state index in [-0.39, 0.29) is 6.10 Å². The highest BCUT2D eigenvalue weighted by molar-refractivity contribution is 5.80. The van der Waals surface area contributed by atoms with E-state index in [1.54, 1.807) is 0 Å². The SMILES string of the molecule is CCNC(=NCc1cc(C(C)C)no1)NC1CCC(O)CC1. The van der Waals surface area contributed by atoms with Crippen LogP contribution in [0.1, 0.15) is 63.8 Å². The number of aliphatic hydroxyl groups excluding tert-OH is 1. The van der Waals surface area contributed by atoms with Crippen molar-refractivity contribution in [2.75, 3.05) is 6.54 Å². The van der Waals surface area contributed by atoms with Crippen LogP contribution in [-0.2, 0) is 6.54 Å². The van der Waals surface area contributed by atoms with Gasteiger partial charge in [0.2, 0.25) is 0 Å². The third kappa shape index (κ3) is 5.02. The van der Waals surface area contributed by atoms with Gasteiger partial charge in [0.05, 0.1) is 11.8 Å². The first kappa shape index (κ1) is 16.8. The van der Waals surface area contributed by atoms with Crippen LogP contribution in [0.4, 0.5) is 0 Å². The zero-order chi connectivity index (χ0) is 15.9. The number of aromatic nitrogens is 1. The summed E-state index contributed by atoms with van der Waals surface area (Å²) in [6.07, 6.45) is 3.53. The number of hydrogen-bond acceptors (Lipinski definition) is 4. The topological polar surface area (TPSA) is 82.7 Å². The summed E-state index contributed by atoms with van der Waals surface area (Å²) in [5.74, 6) is 1.94. The lowest BCUT2D eigenvalue weighted by Crippen LogP contribution is -2.45. The summed E-state index contributed by atoms with van der Waals surface area (Å²) in [6, 6.07) is 2.34. The summed E-state index contributed by atoms with van der Waals surface area (Å²) in [5.41, 5.74) is 0.962. The number of nitrogens with one attached hydrogen (secondary N) is 2. The molecule has 1 heterocycles. The lowest BCUT2D eigenvalue weighted by Gasteiger charge is -2.27. The maximum atomic E-state index is 9.57. The molecule has 0 aliphatic heterocycles. The van der Waals surface area contributed by atoms with E-state index in [1.807, 2.05) is 13.0 Å². The molecular formula is C16H28N4O2. The fourth-order valence-corrected chi connectivity index (χ4v) is 2.57. The summed E-state index contributed by atoms with van der Waals surface area (Å²) >= 11 is 0. The van der Waals surface area contributed by atoms with Gasteiger partial charge in [-0.05, 0) is 38.5 Å². The van der Waals surface area contributed by atoms with Crippen LogP contribution in [0.2, 0.25) is 0 Å². The Morgan fingerprint density at radius 2 is 2.14 bits per heavy atom. The average molecular weight is 308 g/mol. The highest BCUT2D eigenvalue weighted by Crippen LogP contribution is 2.18. The molecule has 6 nitrogen and oxygen atoms in total. The molecule has 6 heteroatoms. The van der Waals surface area contributed by atoms with Crippen molar-refractivity contribution in [2.24, 2.45) is 4.99 Å². The molecule has 1 saturated carbocycles. The lowest BCUT2D eigenvalue weighted by atomic mass is 9.93. The van der Waals surface area contributed by atoms with Crippen molar-refractivity contribution in [3.8, 4) is 0 Å². The van der Waals surface area contributed by atoms with Crippen LogP contribution >= 0.6 is 0 Å². The van der Waals surface area contributed by atoms with Gasteiger partial charge in [-0.15, -0.1) is 0 Å². The molecule has 0 atom stereocenters. The Kier molecular flexibility index (Phi) is 6.24. The molecule has 0 spiro atoms. The molecule has 2 rings (SSSR count). The molecular weight excluding hydrogens is 280 g/mol. The predicted molar refractivity (Wildman–Crippen MR) is 86.8 cm³/mol. The van der Waals surface area contributed by atoms with Crippen LogP contribution in [0, 0.1) is 0 Å². The monoisotopic (exact) mass is 308 g/mol. The average Bonchev–Trinajstić information content (AvgIpc) is 2.96. The summed E-state index contributed by atoms with van der Waals surface area (Å²) in [5, 5.41) is 20.3. The minimum Gasteiger partial charge on any atom is -0.393 e. The van der Waals surface area contributed by atoms with Gasteiger partial charge in [0.15, 0.2) is 11.7 Å². The lowest BCUT2D eigenvalue weighted by molar-refractivity contribution is 0.120. The van der Waals surface area contributed by atoms with Crippen molar-refractivity contribution in [3.05, 3.63) is 17.5 Å². The van der Waals surface area contributed by atoms with Crippen LogP contribution < -0.4 is 10.6 Å². The van der Waals surface area contributed by atoms with Gasteiger partial charge in [-0.2, -0.15) is 0 Å². The molecule has 1 aliphatic rings. The van der Waals surface area contributed by atoms with Crippen molar-refractivity contribution < 1.29 is 9.63 Å². The first-order valence-corrected chi connectivity index (χ1v) is 8.26. The summed E-state index contributed by atoms with van der Waals surface area (Å²) in [7, 11) is 0.